The molecule has 1 amide bonds. The molecule has 9 heteroatoms. The fourth-order valence-electron chi connectivity index (χ4n) is 2.76. The third kappa shape index (κ3) is 4.14. The monoisotopic (exact) mass is 378 g/mol. The number of aryl methyl sites for hydroxylation is 1. The van der Waals surface area contributed by atoms with Gasteiger partial charge in [0.1, 0.15) is 12.7 Å². The van der Waals surface area contributed by atoms with Crippen molar-refractivity contribution < 1.29 is 13.7 Å². The fraction of sp³-hybridized carbons (Fsp3) is 0.211. The molecule has 0 aliphatic rings. The Labute approximate surface area is 160 Å². The number of hydrogen-bond acceptors (Lipinski definition) is 7. The smallest absolute Gasteiger partial charge is 0.238 e. The van der Waals surface area contributed by atoms with Crippen LogP contribution in [0.2, 0.25) is 0 Å². The summed E-state index contributed by atoms with van der Waals surface area (Å²) in [4.78, 5) is 20.4. The van der Waals surface area contributed by atoms with Gasteiger partial charge in [-0.1, -0.05) is 23.4 Å². The number of carbonyl (C=O) groups is 1. The zero-order valence-corrected chi connectivity index (χ0v) is 15.0. The number of para-hydroxylation sites is 1. The van der Waals surface area contributed by atoms with E-state index in [9.17, 15) is 4.79 Å². The van der Waals surface area contributed by atoms with Crippen molar-refractivity contribution in [1.29, 1.82) is 0 Å². The Morgan fingerprint density at radius 3 is 2.93 bits per heavy atom. The quantitative estimate of drug-likeness (QED) is 0.501. The van der Waals surface area contributed by atoms with Crippen LogP contribution in [0, 0.1) is 0 Å². The summed E-state index contributed by atoms with van der Waals surface area (Å²) in [6.45, 7) is 0.415. The highest BCUT2D eigenvalue weighted by atomic mass is 16.5. The zero-order chi connectivity index (χ0) is 19.2. The molecule has 0 spiro atoms. The first kappa shape index (κ1) is 17.7. The Morgan fingerprint density at radius 1 is 1.18 bits per heavy atom. The van der Waals surface area contributed by atoms with Gasteiger partial charge in [-0.25, -0.2) is 9.67 Å². The van der Waals surface area contributed by atoms with E-state index < -0.39 is 0 Å². The van der Waals surface area contributed by atoms with Gasteiger partial charge in [0, 0.05) is 19.4 Å². The second-order valence-electron chi connectivity index (χ2n) is 6.09. The Hall–Kier alpha value is -3.75. The minimum Gasteiger partial charge on any atom is -0.461 e. The standard InChI is InChI=1S/C19H18N6O3/c26-17(8-3-9-18-23-19(24-28-18)16-7-4-10-27-16)21-11-14-5-1-2-6-15(14)25-13-20-12-22-25/h1-2,4-7,10,12-13H,3,8-9,11H2,(H,21,26). The first-order chi connectivity index (χ1) is 13.8. The van der Waals surface area contributed by atoms with Crippen molar-refractivity contribution in [3.05, 3.63) is 66.8 Å². The van der Waals surface area contributed by atoms with Gasteiger partial charge >= 0.3 is 0 Å². The van der Waals surface area contributed by atoms with Gasteiger partial charge in [0.05, 0.1) is 12.0 Å². The Morgan fingerprint density at radius 2 is 2.11 bits per heavy atom. The minimum absolute atomic E-state index is 0.0424. The summed E-state index contributed by atoms with van der Waals surface area (Å²) in [5, 5.41) is 10.9. The van der Waals surface area contributed by atoms with E-state index in [4.69, 9.17) is 8.94 Å². The van der Waals surface area contributed by atoms with Crippen LogP contribution in [0.3, 0.4) is 0 Å². The van der Waals surface area contributed by atoms with Crippen molar-refractivity contribution in [2.75, 3.05) is 0 Å². The third-order valence-corrected chi connectivity index (χ3v) is 4.14. The van der Waals surface area contributed by atoms with Crippen LogP contribution in [-0.2, 0) is 17.8 Å². The van der Waals surface area contributed by atoms with Gasteiger partial charge in [-0.15, -0.1) is 0 Å². The largest absolute Gasteiger partial charge is 0.461 e. The van der Waals surface area contributed by atoms with Crippen molar-refractivity contribution >= 4 is 5.91 Å². The molecular formula is C19H18N6O3. The minimum atomic E-state index is -0.0424. The number of rotatable bonds is 8. The van der Waals surface area contributed by atoms with Crippen LogP contribution in [0.25, 0.3) is 17.3 Å². The van der Waals surface area contributed by atoms with Crippen LogP contribution in [0.1, 0.15) is 24.3 Å². The Bertz CT molecular complexity index is 1020. The number of hydrogen-bond donors (Lipinski definition) is 1. The second-order valence-corrected chi connectivity index (χ2v) is 6.09. The topological polar surface area (TPSA) is 112 Å². The predicted octanol–water partition coefficient (Wildman–Crippen LogP) is 2.55. The maximum Gasteiger partial charge on any atom is 0.238 e. The predicted molar refractivity (Wildman–Crippen MR) is 98.1 cm³/mol. The van der Waals surface area contributed by atoms with E-state index in [-0.39, 0.29) is 5.91 Å². The number of benzene rings is 1. The van der Waals surface area contributed by atoms with Crippen molar-refractivity contribution in [3.8, 4) is 17.3 Å². The van der Waals surface area contributed by atoms with Crippen LogP contribution in [0.5, 0.6) is 0 Å². The van der Waals surface area contributed by atoms with E-state index in [1.54, 1.807) is 29.4 Å². The molecule has 0 fully saturated rings. The molecule has 1 aromatic carbocycles. The molecule has 0 unspecified atom stereocenters. The molecule has 0 saturated heterocycles. The van der Waals surface area contributed by atoms with Gasteiger partial charge < -0.3 is 14.3 Å². The summed E-state index contributed by atoms with van der Waals surface area (Å²) >= 11 is 0. The molecule has 1 N–H and O–H groups in total. The number of nitrogens with zero attached hydrogens (tertiary/aromatic N) is 5. The second kappa shape index (κ2) is 8.30. The molecule has 3 heterocycles. The van der Waals surface area contributed by atoms with Crippen LogP contribution in [0.15, 0.2) is 64.3 Å². The molecule has 0 saturated carbocycles. The molecule has 0 aliphatic carbocycles. The first-order valence-corrected chi connectivity index (χ1v) is 8.85. The van der Waals surface area contributed by atoms with Crippen molar-refractivity contribution in [2.45, 2.75) is 25.8 Å². The molecule has 0 aliphatic heterocycles. The van der Waals surface area contributed by atoms with Gasteiger partial charge in [0.25, 0.3) is 0 Å². The Balaban J connectivity index is 1.26. The van der Waals surface area contributed by atoms with Crippen LogP contribution < -0.4 is 5.32 Å². The number of carbonyl (C=O) groups excluding carboxylic acids is 1. The van der Waals surface area contributed by atoms with E-state index in [0.29, 0.717) is 43.3 Å². The van der Waals surface area contributed by atoms with E-state index in [2.05, 4.69) is 25.5 Å². The first-order valence-electron chi connectivity index (χ1n) is 8.85. The number of amides is 1. The van der Waals surface area contributed by atoms with Crippen molar-refractivity contribution in [3.63, 3.8) is 0 Å². The summed E-state index contributed by atoms with van der Waals surface area (Å²) in [5.41, 5.74) is 1.85. The summed E-state index contributed by atoms with van der Waals surface area (Å²) < 4.78 is 12.1. The molecule has 9 nitrogen and oxygen atoms in total. The molecule has 28 heavy (non-hydrogen) atoms. The normalized spacial score (nSPS) is 10.9. The van der Waals surface area contributed by atoms with Gasteiger partial charge in [-0.3, -0.25) is 4.79 Å². The van der Waals surface area contributed by atoms with Crippen LogP contribution in [-0.4, -0.2) is 30.8 Å². The summed E-state index contributed by atoms with van der Waals surface area (Å²) in [5.74, 6) is 1.41. The SMILES string of the molecule is O=C(CCCc1nc(-c2ccco2)no1)NCc1ccccc1-n1cncn1. The zero-order valence-electron chi connectivity index (χ0n) is 15.0. The van der Waals surface area contributed by atoms with Crippen molar-refractivity contribution in [2.24, 2.45) is 0 Å². The molecule has 142 valence electrons. The highest BCUT2D eigenvalue weighted by Gasteiger charge is 2.12. The molecular weight excluding hydrogens is 360 g/mol. The van der Waals surface area contributed by atoms with Gasteiger partial charge in [0.2, 0.25) is 17.6 Å². The van der Waals surface area contributed by atoms with E-state index in [1.807, 2.05) is 24.3 Å². The highest BCUT2D eigenvalue weighted by molar-refractivity contribution is 5.75. The molecule has 0 radical (unpaired) electrons. The maximum atomic E-state index is 12.2. The average Bonchev–Trinajstić information content (AvgIpc) is 3.49. The highest BCUT2D eigenvalue weighted by Crippen LogP contribution is 2.16. The number of nitrogens with one attached hydrogen (secondary N) is 1. The lowest BCUT2D eigenvalue weighted by molar-refractivity contribution is -0.121. The average molecular weight is 378 g/mol. The van der Waals surface area contributed by atoms with E-state index in [1.165, 1.54) is 6.33 Å². The Kier molecular flexibility index (Phi) is 5.23. The third-order valence-electron chi connectivity index (χ3n) is 4.14. The summed E-state index contributed by atoms with van der Waals surface area (Å²) in [7, 11) is 0. The van der Waals surface area contributed by atoms with Gasteiger partial charge in [-0.05, 0) is 30.2 Å². The molecule has 4 rings (SSSR count). The lowest BCUT2D eigenvalue weighted by Gasteiger charge is -2.10. The fourth-order valence-corrected chi connectivity index (χ4v) is 2.76. The van der Waals surface area contributed by atoms with E-state index >= 15 is 0 Å². The molecule has 3 aromatic heterocycles. The number of furan rings is 1. The summed E-state index contributed by atoms with van der Waals surface area (Å²) in [6, 6.07) is 11.3. The number of aromatic nitrogens is 5. The van der Waals surface area contributed by atoms with Crippen LogP contribution in [0.4, 0.5) is 0 Å². The molecule has 4 aromatic rings. The van der Waals surface area contributed by atoms with Crippen molar-refractivity contribution in [1.82, 2.24) is 30.2 Å². The molecule has 0 atom stereocenters. The lowest BCUT2D eigenvalue weighted by Crippen LogP contribution is -2.23. The van der Waals surface area contributed by atoms with Gasteiger partial charge in [-0.2, -0.15) is 10.1 Å². The van der Waals surface area contributed by atoms with E-state index in [0.717, 1.165) is 11.3 Å². The molecule has 0 bridgehead atoms. The maximum absolute atomic E-state index is 12.2. The van der Waals surface area contributed by atoms with Gasteiger partial charge in [0.15, 0.2) is 5.76 Å². The van der Waals surface area contributed by atoms with Crippen LogP contribution >= 0.6 is 0 Å². The summed E-state index contributed by atoms with van der Waals surface area (Å²) in [6.07, 6.45) is 6.15. The lowest BCUT2D eigenvalue weighted by atomic mass is 10.1.